The van der Waals surface area contributed by atoms with Gasteiger partial charge in [-0.1, -0.05) is 22.0 Å². The van der Waals surface area contributed by atoms with E-state index in [1.165, 1.54) is 37.1 Å². The monoisotopic (exact) mass is 464 g/mol. The van der Waals surface area contributed by atoms with Crippen LogP contribution in [0.1, 0.15) is 29.9 Å². The van der Waals surface area contributed by atoms with Crippen LogP contribution in [0.5, 0.6) is 0 Å². The van der Waals surface area contributed by atoms with E-state index in [1.54, 1.807) is 0 Å². The van der Waals surface area contributed by atoms with Gasteiger partial charge in [0.2, 0.25) is 5.95 Å². The van der Waals surface area contributed by atoms with Crippen molar-refractivity contribution in [2.45, 2.75) is 25.3 Å². The van der Waals surface area contributed by atoms with E-state index in [-0.39, 0.29) is 0 Å². The van der Waals surface area contributed by atoms with E-state index in [4.69, 9.17) is 4.98 Å². The van der Waals surface area contributed by atoms with Gasteiger partial charge in [-0.15, -0.1) is 0 Å². The highest BCUT2D eigenvalue weighted by Crippen LogP contribution is 2.27. The molecule has 2 aromatic carbocycles. The number of hydrogen-bond donors (Lipinski definition) is 1. The molecule has 0 bridgehead atoms. The number of aromatic nitrogens is 2. The Morgan fingerprint density at radius 3 is 2.80 bits per heavy atom. The first-order valence-corrected chi connectivity index (χ1v) is 11.2. The highest BCUT2D eigenvalue weighted by Gasteiger charge is 2.19. The minimum absolute atomic E-state index is 0.309. The Morgan fingerprint density at radius 2 is 2.00 bits per heavy atom. The van der Waals surface area contributed by atoms with Crippen LogP contribution in [0.15, 0.2) is 52.2 Å². The Balaban J connectivity index is 1.45. The molecule has 0 amide bonds. The molecule has 6 nitrogen and oxygen atoms in total. The number of nitrogens with zero attached hydrogens (tertiary/aromatic N) is 5. The number of halogens is 1. The first-order valence-electron chi connectivity index (χ1n) is 10.4. The molecule has 154 valence electrons. The molecular formula is C23H25BrN6. The van der Waals surface area contributed by atoms with Gasteiger partial charge in [0.15, 0.2) is 0 Å². The van der Waals surface area contributed by atoms with Crippen LogP contribution in [0.4, 0.5) is 11.6 Å². The van der Waals surface area contributed by atoms with Crippen molar-refractivity contribution in [2.24, 2.45) is 5.10 Å². The number of hydrogen-bond acceptors (Lipinski definition) is 6. The molecule has 30 heavy (non-hydrogen) atoms. The van der Waals surface area contributed by atoms with E-state index in [9.17, 15) is 0 Å². The summed E-state index contributed by atoms with van der Waals surface area (Å²) >= 11 is 3.50. The lowest BCUT2D eigenvalue weighted by Crippen LogP contribution is -2.19. The van der Waals surface area contributed by atoms with E-state index in [0.29, 0.717) is 11.9 Å². The van der Waals surface area contributed by atoms with Crippen LogP contribution < -0.4 is 5.32 Å². The van der Waals surface area contributed by atoms with Gasteiger partial charge in [-0.3, -0.25) is 9.91 Å². The number of anilines is 2. The first-order chi connectivity index (χ1) is 14.6. The maximum absolute atomic E-state index is 4.70. The number of hydrazone groups is 1. The quantitative estimate of drug-likeness (QED) is 0.590. The molecule has 0 aliphatic carbocycles. The number of nitrogens with one attached hydrogen (secondary N) is 1. The molecule has 3 aromatic rings. The van der Waals surface area contributed by atoms with Crippen molar-refractivity contribution in [3.05, 3.63) is 58.2 Å². The normalized spacial score (nSPS) is 19.1. The van der Waals surface area contributed by atoms with E-state index in [0.717, 1.165) is 34.2 Å². The maximum Gasteiger partial charge on any atom is 0.227 e. The van der Waals surface area contributed by atoms with Crippen molar-refractivity contribution in [2.75, 3.05) is 32.0 Å². The lowest BCUT2D eigenvalue weighted by molar-refractivity contribution is 0.331. The molecule has 7 heteroatoms. The van der Waals surface area contributed by atoms with Crippen molar-refractivity contribution >= 4 is 44.7 Å². The van der Waals surface area contributed by atoms with Crippen LogP contribution in [0.2, 0.25) is 0 Å². The zero-order valence-corrected chi connectivity index (χ0v) is 18.6. The summed E-state index contributed by atoms with van der Waals surface area (Å²) in [5.41, 5.74) is 4.56. The van der Waals surface area contributed by atoms with Crippen molar-refractivity contribution in [1.29, 1.82) is 0 Å². The summed E-state index contributed by atoms with van der Waals surface area (Å²) in [5, 5.41) is 10.9. The highest BCUT2D eigenvalue weighted by atomic mass is 79.9. The standard InChI is InChI=1S/C23H25BrN6/c1-29-15-19(13-26-29)17-8-16(14-30-6-2-3-7-30)9-21(11-17)27-23-25-12-18-10-20(24)4-5-22(18)28-23/h4-5,8-13,19H,2-3,6-7,14-15H2,1H3,(H,25,27,28). The summed E-state index contributed by atoms with van der Waals surface area (Å²) in [4.78, 5) is 11.8. The van der Waals surface area contributed by atoms with Crippen LogP contribution in [0.3, 0.4) is 0 Å². The van der Waals surface area contributed by atoms with Gasteiger partial charge in [-0.05, 0) is 67.4 Å². The fourth-order valence-electron chi connectivity index (χ4n) is 4.25. The predicted octanol–water partition coefficient (Wildman–Crippen LogP) is 4.75. The van der Waals surface area contributed by atoms with Crippen molar-refractivity contribution < 1.29 is 0 Å². The van der Waals surface area contributed by atoms with Gasteiger partial charge < -0.3 is 5.32 Å². The molecule has 2 aliphatic heterocycles. The van der Waals surface area contributed by atoms with E-state index >= 15 is 0 Å². The van der Waals surface area contributed by atoms with Crippen LogP contribution in [0.25, 0.3) is 10.9 Å². The second-order valence-corrected chi connectivity index (χ2v) is 9.10. The third-order valence-corrected chi connectivity index (χ3v) is 6.24. The average Bonchev–Trinajstić information content (AvgIpc) is 3.40. The minimum Gasteiger partial charge on any atom is -0.324 e. The Hall–Kier alpha value is -2.51. The molecule has 1 saturated heterocycles. The van der Waals surface area contributed by atoms with Gasteiger partial charge in [0.1, 0.15) is 0 Å². The molecule has 0 saturated carbocycles. The zero-order valence-electron chi connectivity index (χ0n) is 17.1. The summed E-state index contributed by atoms with van der Waals surface area (Å²) in [6.07, 6.45) is 6.50. The number of likely N-dealkylation sites (tertiary alicyclic amines) is 1. The summed E-state index contributed by atoms with van der Waals surface area (Å²) in [7, 11) is 2.02. The molecular weight excluding hydrogens is 440 g/mol. The molecule has 1 N–H and O–H groups in total. The Kier molecular flexibility index (Phi) is 5.39. The molecule has 0 spiro atoms. The van der Waals surface area contributed by atoms with Crippen molar-refractivity contribution in [1.82, 2.24) is 19.9 Å². The highest BCUT2D eigenvalue weighted by molar-refractivity contribution is 9.10. The molecule has 0 radical (unpaired) electrons. The van der Waals surface area contributed by atoms with E-state index in [2.05, 4.69) is 54.4 Å². The summed E-state index contributed by atoms with van der Waals surface area (Å²) in [6.45, 7) is 4.26. The number of fused-ring (bicyclic) bond motifs is 1. The summed E-state index contributed by atoms with van der Waals surface area (Å²) in [5.74, 6) is 0.926. The van der Waals surface area contributed by atoms with E-state index < -0.39 is 0 Å². The third kappa shape index (κ3) is 4.32. The van der Waals surface area contributed by atoms with Crippen molar-refractivity contribution in [3.8, 4) is 0 Å². The van der Waals surface area contributed by atoms with Gasteiger partial charge in [0.05, 0.1) is 5.52 Å². The SMILES string of the molecule is CN1CC(c2cc(CN3CCCC3)cc(Nc3ncc4cc(Br)ccc4n3)c2)C=N1. The van der Waals surface area contributed by atoms with Gasteiger partial charge >= 0.3 is 0 Å². The predicted molar refractivity (Wildman–Crippen MR) is 125 cm³/mol. The first kappa shape index (κ1) is 19.5. The summed E-state index contributed by atoms with van der Waals surface area (Å²) in [6, 6.07) is 12.8. The number of benzene rings is 2. The molecule has 5 rings (SSSR count). The van der Waals surface area contributed by atoms with Crippen LogP contribution >= 0.6 is 15.9 Å². The minimum atomic E-state index is 0.309. The van der Waals surface area contributed by atoms with Crippen LogP contribution in [-0.2, 0) is 6.54 Å². The molecule has 1 unspecified atom stereocenters. The molecule has 3 heterocycles. The number of rotatable bonds is 5. The van der Waals surface area contributed by atoms with Crippen LogP contribution in [-0.4, -0.2) is 52.8 Å². The Morgan fingerprint density at radius 1 is 1.13 bits per heavy atom. The smallest absolute Gasteiger partial charge is 0.227 e. The Bertz CT molecular complexity index is 1090. The van der Waals surface area contributed by atoms with Crippen molar-refractivity contribution in [3.63, 3.8) is 0 Å². The molecule has 1 aromatic heterocycles. The second-order valence-electron chi connectivity index (χ2n) is 8.18. The molecule has 2 aliphatic rings. The lowest BCUT2D eigenvalue weighted by Gasteiger charge is -2.18. The van der Waals surface area contributed by atoms with Gasteiger partial charge in [-0.25, -0.2) is 9.97 Å². The maximum atomic E-state index is 4.70. The van der Waals surface area contributed by atoms with Gasteiger partial charge in [0, 0.05) is 54.0 Å². The fourth-order valence-corrected chi connectivity index (χ4v) is 4.63. The van der Waals surface area contributed by atoms with Crippen LogP contribution in [0, 0.1) is 0 Å². The summed E-state index contributed by atoms with van der Waals surface area (Å²) < 4.78 is 1.03. The zero-order chi connectivity index (χ0) is 20.5. The van der Waals surface area contributed by atoms with Gasteiger partial charge in [-0.2, -0.15) is 5.10 Å². The number of likely N-dealkylation sites (N-methyl/N-ethyl adjacent to an activating group) is 1. The van der Waals surface area contributed by atoms with Gasteiger partial charge in [0.25, 0.3) is 0 Å². The largest absolute Gasteiger partial charge is 0.324 e. The molecule has 1 fully saturated rings. The average molecular weight is 465 g/mol. The lowest BCUT2D eigenvalue weighted by atomic mass is 9.97. The fraction of sp³-hybridized carbons (Fsp3) is 0.348. The Labute approximate surface area is 185 Å². The topological polar surface area (TPSA) is 56.6 Å². The second kappa shape index (κ2) is 8.32. The third-order valence-electron chi connectivity index (χ3n) is 5.75. The van der Waals surface area contributed by atoms with E-state index in [1.807, 2.05) is 42.7 Å². The molecule has 1 atom stereocenters.